The summed E-state index contributed by atoms with van der Waals surface area (Å²) in [4.78, 5) is 22.6. The lowest BCUT2D eigenvalue weighted by Crippen LogP contribution is -2.43. The Kier molecular flexibility index (Phi) is 7.54. The van der Waals surface area contributed by atoms with E-state index in [4.69, 9.17) is 9.84 Å². The molecular formula is C14H26N2O4. The Labute approximate surface area is 120 Å². The Balaban J connectivity index is 2.24. The number of aliphatic carboxylic acids is 1. The number of hydrogen-bond acceptors (Lipinski definition) is 4. The maximum Gasteiger partial charge on any atom is 0.303 e. The first-order valence-electron chi connectivity index (χ1n) is 7.33. The van der Waals surface area contributed by atoms with Gasteiger partial charge in [0.2, 0.25) is 5.91 Å². The lowest BCUT2D eigenvalue weighted by atomic mass is 9.96. The predicted octanol–water partition coefficient (Wildman–Crippen LogP) is 0.618. The van der Waals surface area contributed by atoms with Gasteiger partial charge in [-0.05, 0) is 25.8 Å². The van der Waals surface area contributed by atoms with Crippen LogP contribution in [0.3, 0.4) is 0 Å². The van der Waals surface area contributed by atoms with Crippen LogP contribution in [0.4, 0.5) is 0 Å². The Morgan fingerprint density at radius 2 is 2.10 bits per heavy atom. The van der Waals surface area contributed by atoms with Crippen molar-refractivity contribution in [2.45, 2.75) is 38.6 Å². The van der Waals surface area contributed by atoms with E-state index in [9.17, 15) is 9.59 Å². The van der Waals surface area contributed by atoms with Gasteiger partial charge >= 0.3 is 5.97 Å². The van der Waals surface area contributed by atoms with E-state index in [1.54, 1.807) is 0 Å². The van der Waals surface area contributed by atoms with Gasteiger partial charge in [-0.25, -0.2) is 0 Å². The van der Waals surface area contributed by atoms with Gasteiger partial charge in [0.25, 0.3) is 0 Å². The zero-order chi connectivity index (χ0) is 15.0. The highest BCUT2D eigenvalue weighted by Gasteiger charge is 2.32. The van der Waals surface area contributed by atoms with Crippen LogP contribution in [0.2, 0.25) is 0 Å². The van der Waals surface area contributed by atoms with Crippen LogP contribution in [-0.2, 0) is 14.3 Å². The summed E-state index contributed by atoms with van der Waals surface area (Å²) in [6.45, 7) is 3.69. The molecule has 0 aliphatic carbocycles. The molecule has 1 fully saturated rings. The molecule has 0 aromatic rings. The van der Waals surface area contributed by atoms with E-state index in [-0.39, 0.29) is 24.3 Å². The smallest absolute Gasteiger partial charge is 0.303 e. The van der Waals surface area contributed by atoms with Crippen LogP contribution in [0.5, 0.6) is 0 Å². The van der Waals surface area contributed by atoms with Crippen LogP contribution in [0.25, 0.3) is 0 Å². The number of carboxylic acids is 1. The van der Waals surface area contributed by atoms with E-state index < -0.39 is 5.97 Å². The number of carbonyl (C=O) groups excluding carboxylic acids is 1. The van der Waals surface area contributed by atoms with Gasteiger partial charge < -0.3 is 20.5 Å². The van der Waals surface area contributed by atoms with Crippen molar-refractivity contribution in [1.82, 2.24) is 10.6 Å². The molecule has 0 spiro atoms. The van der Waals surface area contributed by atoms with Gasteiger partial charge in [0, 0.05) is 19.0 Å². The van der Waals surface area contributed by atoms with Crippen molar-refractivity contribution in [3.8, 4) is 0 Å². The van der Waals surface area contributed by atoms with E-state index in [0.717, 1.165) is 12.8 Å². The summed E-state index contributed by atoms with van der Waals surface area (Å²) in [5, 5.41) is 14.7. The molecule has 6 nitrogen and oxygen atoms in total. The predicted molar refractivity (Wildman–Crippen MR) is 75.4 cm³/mol. The average molecular weight is 286 g/mol. The highest BCUT2D eigenvalue weighted by atomic mass is 16.5. The van der Waals surface area contributed by atoms with Crippen LogP contribution in [0.1, 0.15) is 32.6 Å². The summed E-state index contributed by atoms with van der Waals surface area (Å²) in [6, 6.07) is 0.0870. The third-order valence-electron chi connectivity index (χ3n) is 3.98. The third kappa shape index (κ3) is 5.46. The average Bonchev–Trinajstić information content (AvgIpc) is 2.90. The van der Waals surface area contributed by atoms with Crippen LogP contribution < -0.4 is 10.6 Å². The largest absolute Gasteiger partial charge is 0.481 e. The normalized spacial score (nSPS) is 23.5. The van der Waals surface area contributed by atoms with Crippen molar-refractivity contribution in [1.29, 1.82) is 0 Å². The fourth-order valence-corrected chi connectivity index (χ4v) is 2.51. The highest BCUT2D eigenvalue weighted by molar-refractivity contribution is 5.79. The molecule has 1 aliphatic heterocycles. The topological polar surface area (TPSA) is 87.7 Å². The number of hydrogen-bond donors (Lipinski definition) is 3. The number of rotatable bonds is 9. The zero-order valence-electron chi connectivity index (χ0n) is 12.4. The van der Waals surface area contributed by atoms with Gasteiger partial charge in [0.1, 0.15) is 0 Å². The Morgan fingerprint density at radius 1 is 1.35 bits per heavy atom. The summed E-state index contributed by atoms with van der Waals surface area (Å²) >= 11 is 0. The summed E-state index contributed by atoms with van der Waals surface area (Å²) in [7, 11) is 1.83. The third-order valence-corrected chi connectivity index (χ3v) is 3.98. The first-order valence-corrected chi connectivity index (χ1v) is 7.33. The molecule has 20 heavy (non-hydrogen) atoms. The van der Waals surface area contributed by atoms with Crippen LogP contribution in [-0.4, -0.2) is 49.8 Å². The summed E-state index contributed by atoms with van der Waals surface area (Å²) in [5.41, 5.74) is 0. The molecule has 1 saturated heterocycles. The second-order valence-corrected chi connectivity index (χ2v) is 5.33. The lowest BCUT2D eigenvalue weighted by molar-refractivity contribution is -0.137. The van der Waals surface area contributed by atoms with E-state index in [2.05, 4.69) is 17.6 Å². The lowest BCUT2D eigenvalue weighted by Gasteiger charge is -2.18. The maximum atomic E-state index is 12.0. The number of carboxylic acid groups (broad SMARTS) is 1. The maximum absolute atomic E-state index is 12.0. The molecule has 0 aromatic carbocycles. The van der Waals surface area contributed by atoms with Crippen LogP contribution in [0.15, 0.2) is 0 Å². The number of amides is 1. The second-order valence-electron chi connectivity index (χ2n) is 5.33. The van der Waals surface area contributed by atoms with E-state index in [0.29, 0.717) is 32.1 Å². The van der Waals surface area contributed by atoms with Gasteiger partial charge in [0.05, 0.1) is 19.1 Å². The molecule has 1 aliphatic rings. The molecule has 3 N–H and O–H groups in total. The standard InChI is InChI=1S/C14H26N2O4/c1-3-10(4-5-13(17)18)6-7-16-14(19)11-8-20-9-12(11)15-2/h10-12,15H,3-9H2,1-2H3,(H,16,19)(H,17,18). The molecule has 0 aromatic heterocycles. The number of ether oxygens (including phenoxy) is 1. The quantitative estimate of drug-likeness (QED) is 0.578. The minimum atomic E-state index is -0.757. The highest BCUT2D eigenvalue weighted by Crippen LogP contribution is 2.16. The van der Waals surface area contributed by atoms with Crippen molar-refractivity contribution in [3.63, 3.8) is 0 Å². The SMILES string of the molecule is CCC(CCNC(=O)C1COCC1NC)CCC(=O)O. The molecule has 6 heteroatoms. The first kappa shape index (κ1) is 16.9. The fraction of sp³-hybridized carbons (Fsp3) is 0.857. The molecule has 0 bridgehead atoms. The zero-order valence-corrected chi connectivity index (χ0v) is 12.4. The van der Waals surface area contributed by atoms with Crippen LogP contribution in [0, 0.1) is 11.8 Å². The molecule has 0 saturated carbocycles. The number of likely N-dealkylation sites (N-methyl/N-ethyl adjacent to an activating group) is 1. The summed E-state index contributed by atoms with van der Waals surface area (Å²) in [5.74, 6) is -0.507. The summed E-state index contributed by atoms with van der Waals surface area (Å²) in [6.07, 6.45) is 2.64. The van der Waals surface area contributed by atoms with Crippen molar-refractivity contribution < 1.29 is 19.4 Å². The molecule has 3 unspecified atom stereocenters. The molecule has 3 atom stereocenters. The summed E-state index contributed by atoms with van der Waals surface area (Å²) < 4.78 is 5.31. The Hall–Kier alpha value is -1.14. The van der Waals surface area contributed by atoms with Crippen molar-refractivity contribution >= 4 is 11.9 Å². The van der Waals surface area contributed by atoms with Crippen molar-refractivity contribution in [3.05, 3.63) is 0 Å². The molecule has 116 valence electrons. The second kappa shape index (κ2) is 8.92. The van der Waals surface area contributed by atoms with Crippen LogP contribution >= 0.6 is 0 Å². The van der Waals surface area contributed by atoms with Gasteiger partial charge in [-0.15, -0.1) is 0 Å². The fourth-order valence-electron chi connectivity index (χ4n) is 2.51. The van der Waals surface area contributed by atoms with Gasteiger partial charge in [-0.1, -0.05) is 13.3 Å². The van der Waals surface area contributed by atoms with E-state index in [1.807, 2.05) is 7.05 Å². The number of carbonyl (C=O) groups is 2. The van der Waals surface area contributed by atoms with E-state index >= 15 is 0 Å². The minimum Gasteiger partial charge on any atom is -0.481 e. The Morgan fingerprint density at radius 3 is 2.70 bits per heavy atom. The first-order chi connectivity index (χ1) is 9.58. The Bertz CT molecular complexity index is 322. The molecular weight excluding hydrogens is 260 g/mol. The van der Waals surface area contributed by atoms with Gasteiger partial charge in [-0.3, -0.25) is 9.59 Å². The van der Waals surface area contributed by atoms with E-state index in [1.165, 1.54) is 0 Å². The van der Waals surface area contributed by atoms with Gasteiger partial charge in [-0.2, -0.15) is 0 Å². The van der Waals surface area contributed by atoms with Crippen molar-refractivity contribution in [2.75, 3.05) is 26.8 Å². The van der Waals surface area contributed by atoms with Gasteiger partial charge in [0.15, 0.2) is 0 Å². The van der Waals surface area contributed by atoms with Crippen molar-refractivity contribution in [2.24, 2.45) is 11.8 Å². The molecule has 0 radical (unpaired) electrons. The number of nitrogens with one attached hydrogen (secondary N) is 2. The molecule has 1 heterocycles. The molecule has 1 amide bonds. The minimum absolute atomic E-state index is 0.0231. The molecule has 1 rings (SSSR count). The monoisotopic (exact) mass is 286 g/mol.